The van der Waals surface area contributed by atoms with Crippen molar-refractivity contribution >= 4 is 33.1 Å². The third kappa shape index (κ3) is 4.36. The summed E-state index contributed by atoms with van der Waals surface area (Å²) in [6, 6.07) is 14.7. The van der Waals surface area contributed by atoms with Gasteiger partial charge < -0.3 is 15.4 Å². The summed E-state index contributed by atoms with van der Waals surface area (Å²) >= 11 is 1.61. The van der Waals surface area contributed by atoms with Crippen LogP contribution in [0.5, 0.6) is 6.01 Å². The minimum atomic E-state index is -0.706. The molecular weight excluding hydrogens is 446 g/mol. The van der Waals surface area contributed by atoms with Gasteiger partial charge in [0.25, 0.3) is 5.91 Å². The molecule has 0 saturated carbocycles. The largest absolute Gasteiger partial charge is 0.460 e. The lowest BCUT2D eigenvalue weighted by molar-refractivity contribution is 0.0574. The van der Waals surface area contributed by atoms with Gasteiger partial charge in [-0.1, -0.05) is 24.3 Å². The van der Waals surface area contributed by atoms with Crippen LogP contribution in [0.2, 0.25) is 0 Å². The highest BCUT2D eigenvalue weighted by Gasteiger charge is 2.27. The lowest BCUT2D eigenvalue weighted by atomic mass is 10.0. The van der Waals surface area contributed by atoms with E-state index in [1.54, 1.807) is 28.4 Å². The summed E-state index contributed by atoms with van der Waals surface area (Å²) in [5.41, 5.74) is 6.31. The van der Waals surface area contributed by atoms with Crippen molar-refractivity contribution in [3.05, 3.63) is 71.9 Å². The van der Waals surface area contributed by atoms with E-state index in [4.69, 9.17) is 10.5 Å². The Balaban J connectivity index is 1.28. The van der Waals surface area contributed by atoms with E-state index in [1.807, 2.05) is 24.3 Å². The Morgan fingerprint density at radius 2 is 1.88 bits per heavy atom. The lowest BCUT2D eigenvalue weighted by Gasteiger charge is -2.31. The predicted molar refractivity (Wildman–Crippen MR) is 123 cm³/mol. The van der Waals surface area contributed by atoms with Crippen molar-refractivity contribution in [1.29, 1.82) is 0 Å². The molecule has 6 nitrogen and oxygen atoms in total. The molecule has 2 aromatic carbocycles. The summed E-state index contributed by atoms with van der Waals surface area (Å²) in [4.78, 5) is 23.2. The Kier molecular flexibility index (Phi) is 5.63. The monoisotopic (exact) mass is 466 g/mol. The third-order valence-electron chi connectivity index (χ3n) is 5.66. The van der Waals surface area contributed by atoms with Crippen molar-refractivity contribution in [2.24, 2.45) is 0 Å². The molecule has 3 heterocycles. The molecule has 1 aliphatic rings. The summed E-state index contributed by atoms with van der Waals surface area (Å²) in [7, 11) is 0. The fraction of sp³-hybridized carbons (Fsp3) is 0.208. The Morgan fingerprint density at radius 3 is 2.64 bits per heavy atom. The molecule has 4 aromatic rings. The average Bonchev–Trinajstić information content (AvgIpc) is 3.26. The number of halogens is 2. The number of hydrogen-bond acceptors (Lipinski definition) is 6. The van der Waals surface area contributed by atoms with Gasteiger partial charge in [0.15, 0.2) is 11.6 Å². The molecule has 5 rings (SSSR count). The predicted octanol–water partition coefficient (Wildman–Crippen LogP) is 4.90. The third-order valence-corrected chi connectivity index (χ3v) is 6.82. The smallest absolute Gasteiger partial charge is 0.318 e. The fourth-order valence-corrected chi connectivity index (χ4v) is 4.94. The molecule has 0 bridgehead atoms. The molecule has 33 heavy (non-hydrogen) atoms. The molecule has 1 aliphatic heterocycles. The van der Waals surface area contributed by atoms with Gasteiger partial charge in [0.2, 0.25) is 0 Å². The van der Waals surface area contributed by atoms with Gasteiger partial charge in [-0.05, 0) is 35.2 Å². The van der Waals surface area contributed by atoms with Crippen molar-refractivity contribution < 1.29 is 18.3 Å². The van der Waals surface area contributed by atoms with Crippen LogP contribution in [-0.4, -0.2) is 40.0 Å². The van der Waals surface area contributed by atoms with Crippen molar-refractivity contribution in [2.75, 3.05) is 18.8 Å². The number of thiophene rings is 1. The topological polar surface area (TPSA) is 81.3 Å². The number of amides is 1. The van der Waals surface area contributed by atoms with Gasteiger partial charge in [-0.15, -0.1) is 11.3 Å². The summed E-state index contributed by atoms with van der Waals surface area (Å²) in [5, 5.41) is 1.11. The standard InChI is InChI=1S/C24H20F2N4O2S/c25-18-6-5-15(21-12-14-3-1-2-4-20(14)33-21)11-17(18)23(31)30-9-7-16(8-10-30)32-24-28-13-19(26)22(27)29-24/h1-6,11-13,16H,7-10H2,(H2,27,28,29). The molecule has 1 fully saturated rings. The zero-order valence-corrected chi connectivity index (χ0v) is 18.3. The number of nitrogens with two attached hydrogens (primary N) is 1. The van der Waals surface area contributed by atoms with Gasteiger partial charge in [-0.3, -0.25) is 4.79 Å². The number of nitrogens with zero attached hydrogens (tertiary/aromatic N) is 3. The molecule has 168 valence electrons. The summed E-state index contributed by atoms with van der Waals surface area (Å²) in [6.45, 7) is 0.791. The van der Waals surface area contributed by atoms with Gasteiger partial charge in [-0.25, -0.2) is 13.8 Å². The van der Waals surface area contributed by atoms with Crippen molar-refractivity contribution in [2.45, 2.75) is 18.9 Å². The van der Waals surface area contributed by atoms with E-state index in [-0.39, 0.29) is 29.4 Å². The minimum Gasteiger partial charge on any atom is -0.460 e. The van der Waals surface area contributed by atoms with Crippen LogP contribution in [0.1, 0.15) is 23.2 Å². The Morgan fingerprint density at radius 1 is 1.09 bits per heavy atom. The zero-order chi connectivity index (χ0) is 22.9. The normalized spacial score (nSPS) is 14.5. The summed E-state index contributed by atoms with van der Waals surface area (Å²) in [5.74, 6) is -1.88. The van der Waals surface area contributed by atoms with E-state index in [9.17, 15) is 13.6 Å². The SMILES string of the molecule is Nc1nc(OC2CCN(C(=O)c3cc(-c4cc5ccccc5s4)ccc3F)CC2)ncc1F. The quantitative estimate of drug-likeness (QED) is 0.463. The molecule has 1 saturated heterocycles. The number of aromatic nitrogens is 2. The second kappa shape index (κ2) is 8.74. The lowest BCUT2D eigenvalue weighted by Crippen LogP contribution is -2.42. The molecular formula is C24H20F2N4O2S. The molecule has 1 amide bonds. The van der Waals surface area contributed by atoms with Crippen LogP contribution in [-0.2, 0) is 0 Å². The number of piperidine rings is 1. The zero-order valence-electron chi connectivity index (χ0n) is 17.5. The minimum absolute atomic E-state index is 0.000701. The fourth-order valence-electron chi connectivity index (χ4n) is 3.88. The van der Waals surface area contributed by atoms with Crippen LogP contribution >= 0.6 is 11.3 Å². The Hall–Kier alpha value is -3.59. The van der Waals surface area contributed by atoms with Crippen molar-refractivity contribution in [3.63, 3.8) is 0 Å². The molecule has 0 aliphatic carbocycles. The molecule has 0 atom stereocenters. The van der Waals surface area contributed by atoms with E-state index < -0.39 is 11.6 Å². The van der Waals surface area contributed by atoms with E-state index in [2.05, 4.69) is 16.0 Å². The summed E-state index contributed by atoms with van der Waals surface area (Å²) in [6.07, 6.45) is 1.75. The first-order valence-electron chi connectivity index (χ1n) is 10.5. The molecule has 2 N–H and O–H groups in total. The summed E-state index contributed by atoms with van der Waals surface area (Å²) < 4.78 is 34.6. The molecule has 9 heteroatoms. The Labute approximate surface area is 192 Å². The van der Waals surface area contributed by atoms with Crippen molar-refractivity contribution in [1.82, 2.24) is 14.9 Å². The number of anilines is 1. The van der Waals surface area contributed by atoms with E-state index in [0.29, 0.717) is 25.9 Å². The van der Waals surface area contributed by atoms with Gasteiger partial charge >= 0.3 is 6.01 Å². The maximum atomic E-state index is 14.6. The van der Waals surface area contributed by atoms with Crippen LogP contribution in [0.25, 0.3) is 20.5 Å². The second-order valence-electron chi connectivity index (χ2n) is 7.84. The van der Waals surface area contributed by atoms with Crippen LogP contribution in [0, 0.1) is 11.6 Å². The number of rotatable bonds is 4. The van der Waals surface area contributed by atoms with Gasteiger partial charge in [0.05, 0.1) is 11.8 Å². The molecule has 2 aromatic heterocycles. The van der Waals surface area contributed by atoms with Crippen LogP contribution in [0.3, 0.4) is 0 Å². The van der Waals surface area contributed by atoms with E-state index >= 15 is 0 Å². The van der Waals surface area contributed by atoms with Crippen molar-refractivity contribution in [3.8, 4) is 16.5 Å². The number of benzene rings is 2. The van der Waals surface area contributed by atoms with Crippen LogP contribution < -0.4 is 10.5 Å². The molecule has 0 radical (unpaired) electrons. The Bertz CT molecular complexity index is 1300. The molecule has 0 spiro atoms. The highest BCUT2D eigenvalue weighted by Crippen LogP contribution is 2.34. The number of hydrogen-bond donors (Lipinski definition) is 1. The number of ether oxygens (including phenoxy) is 1. The van der Waals surface area contributed by atoms with E-state index in [1.165, 1.54) is 6.07 Å². The highest BCUT2D eigenvalue weighted by molar-refractivity contribution is 7.22. The highest BCUT2D eigenvalue weighted by atomic mass is 32.1. The van der Waals surface area contributed by atoms with Crippen LogP contribution in [0.15, 0.2) is 54.7 Å². The number of fused-ring (bicyclic) bond motifs is 1. The second-order valence-corrected chi connectivity index (χ2v) is 8.92. The first-order chi connectivity index (χ1) is 16.0. The molecule has 0 unspecified atom stereocenters. The first-order valence-corrected chi connectivity index (χ1v) is 11.3. The maximum Gasteiger partial charge on any atom is 0.318 e. The van der Waals surface area contributed by atoms with Gasteiger partial charge in [0.1, 0.15) is 11.9 Å². The number of carbonyl (C=O) groups excluding carboxylic acids is 1. The number of carbonyl (C=O) groups is 1. The number of nitrogen functional groups attached to an aromatic ring is 1. The maximum absolute atomic E-state index is 14.6. The average molecular weight is 467 g/mol. The van der Waals surface area contributed by atoms with Gasteiger partial charge in [-0.2, -0.15) is 4.98 Å². The van der Waals surface area contributed by atoms with Gasteiger partial charge in [0, 0.05) is 35.5 Å². The van der Waals surface area contributed by atoms with Crippen LogP contribution in [0.4, 0.5) is 14.6 Å². The number of likely N-dealkylation sites (tertiary alicyclic amines) is 1. The first kappa shape index (κ1) is 21.3. The van der Waals surface area contributed by atoms with E-state index in [0.717, 1.165) is 26.7 Å².